The zero-order valence-corrected chi connectivity index (χ0v) is 13.6. The third-order valence-corrected chi connectivity index (χ3v) is 4.92. The Balaban J connectivity index is 1.98. The molecule has 0 aromatic heterocycles. The molecule has 1 saturated carbocycles. The summed E-state index contributed by atoms with van der Waals surface area (Å²) in [6.45, 7) is 2.53. The number of rotatable bonds is 4. The molecule has 0 radical (unpaired) electrons. The Hall–Kier alpha value is -0.440. The largest absolute Gasteiger partial charge is 0.462 e. The van der Waals surface area contributed by atoms with Gasteiger partial charge in [0.25, 0.3) is 0 Å². The predicted octanol–water partition coefficient (Wildman–Crippen LogP) is 5.63. The highest BCUT2D eigenvalue weighted by molar-refractivity contribution is 6.45. The van der Waals surface area contributed by atoms with Gasteiger partial charge in [-0.15, -0.1) is 0 Å². The molecular formula is C15H17Cl3O2. The lowest BCUT2D eigenvalue weighted by Gasteiger charge is -2.18. The average molecular weight is 336 g/mol. The molecule has 5 heteroatoms. The smallest absolute Gasteiger partial charge is 0.339 e. The third kappa shape index (κ3) is 3.81. The number of halogens is 3. The van der Waals surface area contributed by atoms with Gasteiger partial charge in [-0.25, -0.2) is 4.79 Å². The van der Waals surface area contributed by atoms with Crippen molar-refractivity contribution in [2.24, 2.45) is 11.8 Å². The average Bonchev–Trinajstić information content (AvgIpc) is 2.93. The zero-order chi connectivity index (χ0) is 14.7. The van der Waals surface area contributed by atoms with E-state index in [1.807, 2.05) is 0 Å². The fourth-order valence-corrected chi connectivity index (χ4v) is 3.33. The molecule has 1 unspecified atom stereocenters. The molecule has 20 heavy (non-hydrogen) atoms. The summed E-state index contributed by atoms with van der Waals surface area (Å²) in [7, 11) is 0. The molecule has 0 bridgehead atoms. The van der Waals surface area contributed by atoms with Crippen LogP contribution in [0.1, 0.15) is 43.0 Å². The summed E-state index contributed by atoms with van der Waals surface area (Å²) in [6, 6.07) is 2.99. The minimum absolute atomic E-state index is 0.189. The van der Waals surface area contributed by atoms with Gasteiger partial charge in [0.05, 0.1) is 22.2 Å². The molecule has 0 spiro atoms. The first-order valence-corrected chi connectivity index (χ1v) is 7.94. The van der Waals surface area contributed by atoms with Crippen LogP contribution in [0.4, 0.5) is 0 Å². The lowest BCUT2D eigenvalue weighted by molar-refractivity contribution is 0.0408. The van der Waals surface area contributed by atoms with Crippen LogP contribution in [0.25, 0.3) is 0 Å². The first kappa shape index (κ1) is 15.9. The molecule has 1 fully saturated rings. The summed E-state index contributed by atoms with van der Waals surface area (Å²) < 4.78 is 5.35. The zero-order valence-electron chi connectivity index (χ0n) is 11.3. The van der Waals surface area contributed by atoms with Crippen molar-refractivity contribution in [1.82, 2.24) is 0 Å². The fraction of sp³-hybridized carbons (Fsp3) is 0.533. The van der Waals surface area contributed by atoms with Crippen LogP contribution in [0.5, 0.6) is 0 Å². The van der Waals surface area contributed by atoms with Gasteiger partial charge in [0, 0.05) is 5.02 Å². The SMILES string of the molecule is CC(COC(=O)c1cc(Cl)cc(Cl)c1Cl)C1CCCC1. The standard InChI is InChI=1S/C15H17Cl3O2/c1-9(10-4-2-3-5-10)8-20-15(19)12-6-11(16)7-13(17)14(12)18/h6-7,9-10H,2-5,8H2,1H3. The van der Waals surface area contributed by atoms with Crippen molar-refractivity contribution in [3.8, 4) is 0 Å². The quantitative estimate of drug-likeness (QED) is 0.526. The van der Waals surface area contributed by atoms with E-state index in [0.29, 0.717) is 23.5 Å². The van der Waals surface area contributed by atoms with Gasteiger partial charge in [-0.1, -0.05) is 67.4 Å². The van der Waals surface area contributed by atoms with Crippen LogP contribution in [-0.2, 0) is 4.74 Å². The maximum atomic E-state index is 12.1. The second-order valence-corrected chi connectivity index (χ2v) is 6.59. The molecule has 1 aliphatic rings. The highest BCUT2D eigenvalue weighted by atomic mass is 35.5. The molecule has 1 aromatic carbocycles. The Bertz CT molecular complexity index is 496. The van der Waals surface area contributed by atoms with Crippen molar-refractivity contribution in [2.75, 3.05) is 6.61 Å². The molecule has 2 nitrogen and oxygen atoms in total. The van der Waals surface area contributed by atoms with Crippen LogP contribution in [0.2, 0.25) is 15.1 Å². The van der Waals surface area contributed by atoms with Gasteiger partial charge in [-0.05, 0) is 24.0 Å². The second kappa shape index (κ2) is 7.02. The van der Waals surface area contributed by atoms with Gasteiger partial charge in [-0.3, -0.25) is 0 Å². The molecule has 1 atom stereocenters. The van der Waals surface area contributed by atoms with Crippen LogP contribution < -0.4 is 0 Å². The number of hydrogen-bond acceptors (Lipinski definition) is 2. The molecule has 110 valence electrons. The molecular weight excluding hydrogens is 319 g/mol. The van der Waals surface area contributed by atoms with Gasteiger partial charge in [-0.2, -0.15) is 0 Å². The van der Waals surface area contributed by atoms with Crippen molar-refractivity contribution in [1.29, 1.82) is 0 Å². The van der Waals surface area contributed by atoms with E-state index in [-0.39, 0.29) is 15.6 Å². The normalized spacial score (nSPS) is 17.2. The van der Waals surface area contributed by atoms with Crippen molar-refractivity contribution < 1.29 is 9.53 Å². The molecule has 1 aromatic rings. The Morgan fingerprint density at radius 1 is 1.30 bits per heavy atom. The van der Waals surface area contributed by atoms with Crippen LogP contribution in [-0.4, -0.2) is 12.6 Å². The molecule has 0 heterocycles. The molecule has 0 N–H and O–H groups in total. The van der Waals surface area contributed by atoms with Crippen LogP contribution in [0, 0.1) is 11.8 Å². The summed E-state index contributed by atoms with van der Waals surface area (Å²) in [5.41, 5.74) is 0.225. The van der Waals surface area contributed by atoms with E-state index in [1.165, 1.54) is 37.8 Å². The lowest BCUT2D eigenvalue weighted by atomic mass is 9.93. The number of carbonyl (C=O) groups is 1. The summed E-state index contributed by atoms with van der Waals surface area (Å²) in [4.78, 5) is 12.1. The van der Waals surface area contributed by atoms with Crippen molar-refractivity contribution >= 4 is 40.8 Å². The highest BCUT2D eigenvalue weighted by Gasteiger charge is 2.23. The topological polar surface area (TPSA) is 26.3 Å². The number of carbonyl (C=O) groups excluding carboxylic acids is 1. The lowest BCUT2D eigenvalue weighted by Crippen LogP contribution is -2.18. The minimum Gasteiger partial charge on any atom is -0.462 e. The summed E-state index contributed by atoms with van der Waals surface area (Å²) in [5, 5.41) is 0.819. The van der Waals surface area contributed by atoms with Crippen molar-refractivity contribution in [2.45, 2.75) is 32.6 Å². The second-order valence-electron chi connectivity index (χ2n) is 5.37. The maximum Gasteiger partial charge on any atom is 0.339 e. The van der Waals surface area contributed by atoms with Gasteiger partial charge in [0.2, 0.25) is 0 Å². The summed E-state index contributed by atoms with van der Waals surface area (Å²) >= 11 is 17.8. The van der Waals surface area contributed by atoms with Gasteiger partial charge in [0.1, 0.15) is 0 Å². The molecule has 0 aliphatic heterocycles. The third-order valence-electron chi connectivity index (χ3n) is 3.89. The van der Waals surface area contributed by atoms with E-state index >= 15 is 0 Å². The molecule has 0 amide bonds. The van der Waals surface area contributed by atoms with Gasteiger partial charge >= 0.3 is 5.97 Å². The minimum atomic E-state index is -0.468. The Kier molecular flexibility index (Phi) is 5.59. The Morgan fingerprint density at radius 2 is 1.95 bits per heavy atom. The van der Waals surface area contributed by atoms with Crippen LogP contribution in [0.3, 0.4) is 0 Å². The van der Waals surface area contributed by atoms with E-state index in [1.54, 1.807) is 0 Å². The Morgan fingerprint density at radius 3 is 2.60 bits per heavy atom. The highest BCUT2D eigenvalue weighted by Crippen LogP contribution is 2.32. The van der Waals surface area contributed by atoms with Crippen molar-refractivity contribution in [3.63, 3.8) is 0 Å². The summed E-state index contributed by atoms with van der Waals surface area (Å²) in [6.07, 6.45) is 5.00. The molecule has 1 aliphatic carbocycles. The number of ether oxygens (including phenoxy) is 1. The molecule has 2 rings (SSSR count). The number of benzene rings is 1. The summed E-state index contributed by atoms with van der Waals surface area (Å²) in [5.74, 6) is 0.556. The monoisotopic (exact) mass is 334 g/mol. The van der Waals surface area contributed by atoms with Gasteiger partial charge < -0.3 is 4.74 Å². The first-order valence-electron chi connectivity index (χ1n) is 6.80. The van der Waals surface area contributed by atoms with Crippen LogP contribution in [0.15, 0.2) is 12.1 Å². The van der Waals surface area contributed by atoms with E-state index < -0.39 is 5.97 Å². The fourth-order valence-electron chi connectivity index (χ4n) is 2.65. The number of hydrogen-bond donors (Lipinski definition) is 0. The Labute approximate surface area is 134 Å². The van der Waals surface area contributed by atoms with E-state index in [0.717, 1.165) is 0 Å². The maximum absolute atomic E-state index is 12.1. The molecule has 0 saturated heterocycles. The van der Waals surface area contributed by atoms with Crippen LogP contribution >= 0.6 is 34.8 Å². The van der Waals surface area contributed by atoms with Crippen molar-refractivity contribution in [3.05, 3.63) is 32.8 Å². The number of esters is 1. The van der Waals surface area contributed by atoms with Gasteiger partial charge in [0.15, 0.2) is 0 Å². The van der Waals surface area contributed by atoms with E-state index in [9.17, 15) is 4.79 Å². The van der Waals surface area contributed by atoms with E-state index in [4.69, 9.17) is 39.5 Å². The first-order chi connectivity index (χ1) is 9.49. The van der Waals surface area contributed by atoms with E-state index in [2.05, 4.69) is 6.92 Å². The predicted molar refractivity (Wildman–Crippen MR) is 82.9 cm³/mol.